The van der Waals surface area contributed by atoms with Crippen molar-refractivity contribution in [1.82, 2.24) is 0 Å². The van der Waals surface area contributed by atoms with Crippen molar-refractivity contribution in [3.63, 3.8) is 0 Å². The number of thiophene rings is 1. The van der Waals surface area contributed by atoms with Crippen molar-refractivity contribution in [2.24, 2.45) is 5.92 Å². The van der Waals surface area contributed by atoms with Gasteiger partial charge in [-0.1, -0.05) is 24.3 Å². The standard InChI is InChI=1S/C16H17BrOS/c17-13-9-14(19-10-13)8-12-6-3-5-11-4-1-2-7-15(11)16(12)18/h1-2,4,7,9-10,12,16,18H,3,5-6,8H2. The van der Waals surface area contributed by atoms with E-state index in [-0.39, 0.29) is 6.10 Å². The summed E-state index contributed by atoms with van der Waals surface area (Å²) in [6.07, 6.45) is 4.03. The zero-order chi connectivity index (χ0) is 13.2. The average molecular weight is 337 g/mol. The summed E-state index contributed by atoms with van der Waals surface area (Å²) in [5.74, 6) is 0.342. The second-order valence-electron chi connectivity index (χ2n) is 5.23. The number of halogens is 1. The fourth-order valence-electron chi connectivity index (χ4n) is 2.95. The second-order valence-corrected chi connectivity index (χ2v) is 7.14. The first-order valence-electron chi connectivity index (χ1n) is 6.73. The minimum absolute atomic E-state index is 0.320. The first-order chi connectivity index (χ1) is 9.24. The normalized spacial score (nSPS) is 22.8. The van der Waals surface area contributed by atoms with E-state index in [1.165, 1.54) is 16.9 Å². The Morgan fingerprint density at radius 2 is 2.16 bits per heavy atom. The first-order valence-corrected chi connectivity index (χ1v) is 8.40. The summed E-state index contributed by atoms with van der Waals surface area (Å²) in [4.78, 5) is 1.36. The van der Waals surface area contributed by atoms with Crippen LogP contribution in [0.1, 0.15) is 34.9 Å². The van der Waals surface area contributed by atoms with Crippen molar-refractivity contribution >= 4 is 27.3 Å². The van der Waals surface area contributed by atoms with Crippen molar-refractivity contribution in [1.29, 1.82) is 0 Å². The Morgan fingerprint density at radius 1 is 1.32 bits per heavy atom. The molecule has 2 aromatic rings. The summed E-state index contributed by atoms with van der Waals surface area (Å²) in [7, 11) is 0. The van der Waals surface area contributed by atoms with E-state index in [0.717, 1.165) is 29.3 Å². The highest BCUT2D eigenvalue weighted by Crippen LogP contribution is 2.36. The lowest BCUT2D eigenvalue weighted by molar-refractivity contribution is 0.105. The molecule has 0 amide bonds. The van der Waals surface area contributed by atoms with Crippen LogP contribution in [-0.4, -0.2) is 5.11 Å². The van der Waals surface area contributed by atoms with Crippen LogP contribution in [0.5, 0.6) is 0 Å². The number of hydrogen-bond donors (Lipinski definition) is 1. The molecular weight excluding hydrogens is 320 g/mol. The molecule has 1 N–H and O–H groups in total. The van der Waals surface area contributed by atoms with E-state index in [1.807, 2.05) is 6.07 Å². The van der Waals surface area contributed by atoms with Crippen molar-refractivity contribution in [2.45, 2.75) is 31.8 Å². The number of fused-ring (bicyclic) bond motifs is 1. The van der Waals surface area contributed by atoms with E-state index in [0.29, 0.717) is 5.92 Å². The molecule has 1 aromatic heterocycles. The molecule has 0 saturated heterocycles. The molecule has 1 aliphatic rings. The third-order valence-electron chi connectivity index (χ3n) is 3.93. The van der Waals surface area contributed by atoms with Gasteiger partial charge in [-0.25, -0.2) is 0 Å². The molecule has 0 bridgehead atoms. The summed E-state index contributed by atoms with van der Waals surface area (Å²) in [6.45, 7) is 0. The van der Waals surface area contributed by atoms with Crippen LogP contribution in [0.15, 0.2) is 40.2 Å². The number of aryl methyl sites for hydroxylation is 1. The highest BCUT2D eigenvalue weighted by Gasteiger charge is 2.26. The minimum atomic E-state index is -0.320. The van der Waals surface area contributed by atoms with Gasteiger partial charge in [0.15, 0.2) is 0 Å². The number of aliphatic hydroxyl groups excluding tert-OH is 1. The van der Waals surface area contributed by atoms with Gasteiger partial charge >= 0.3 is 0 Å². The molecular formula is C16H17BrOS. The molecule has 19 heavy (non-hydrogen) atoms. The van der Waals surface area contributed by atoms with Crippen molar-refractivity contribution in [2.75, 3.05) is 0 Å². The predicted octanol–water partition coefficient (Wildman–Crippen LogP) is 4.74. The van der Waals surface area contributed by atoms with Crippen LogP contribution in [0.4, 0.5) is 0 Å². The Morgan fingerprint density at radius 3 is 2.95 bits per heavy atom. The minimum Gasteiger partial charge on any atom is -0.388 e. The van der Waals surface area contributed by atoms with E-state index in [2.05, 4.69) is 45.6 Å². The number of benzene rings is 1. The van der Waals surface area contributed by atoms with Crippen LogP contribution in [0.25, 0.3) is 0 Å². The van der Waals surface area contributed by atoms with Crippen molar-refractivity contribution < 1.29 is 5.11 Å². The zero-order valence-corrected chi connectivity index (χ0v) is 13.1. The summed E-state index contributed by atoms with van der Waals surface area (Å²) < 4.78 is 1.15. The van der Waals surface area contributed by atoms with Crippen LogP contribution >= 0.6 is 27.3 Å². The van der Waals surface area contributed by atoms with Gasteiger partial charge in [-0.2, -0.15) is 0 Å². The maximum absolute atomic E-state index is 10.7. The highest BCUT2D eigenvalue weighted by atomic mass is 79.9. The van der Waals surface area contributed by atoms with Gasteiger partial charge in [-0.15, -0.1) is 11.3 Å². The molecule has 3 heteroatoms. The topological polar surface area (TPSA) is 20.2 Å². The molecule has 1 heterocycles. The Hall–Kier alpha value is -0.640. The Labute approximate surface area is 126 Å². The molecule has 0 fully saturated rings. The van der Waals surface area contributed by atoms with Gasteiger partial charge in [0, 0.05) is 14.7 Å². The Balaban J connectivity index is 1.83. The molecule has 3 rings (SSSR count). The molecule has 1 aliphatic carbocycles. The molecule has 2 atom stereocenters. The van der Waals surface area contributed by atoms with Gasteiger partial charge in [-0.05, 0) is 64.7 Å². The van der Waals surface area contributed by atoms with Gasteiger partial charge in [0.25, 0.3) is 0 Å². The van der Waals surface area contributed by atoms with E-state index in [4.69, 9.17) is 0 Å². The monoisotopic (exact) mass is 336 g/mol. The van der Waals surface area contributed by atoms with E-state index in [9.17, 15) is 5.11 Å². The number of aliphatic hydroxyl groups is 1. The summed E-state index contributed by atoms with van der Waals surface area (Å²) in [5.41, 5.74) is 2.46. The van der Waals surface area contributed by atoms with Crippen LogP contribution in [0.3, 0.4) is 0 Å². The van der Waals surface area contributed by atoms with Gasteiger partial charge in [0.2, 0.25) is 0 Å². The van der Waals surface area contributed by atoms with Crippen LogP contribution in [-0.2, 0) is 12.8 Å². The van der Waals surface area contributed by atoms with Crippen molar-refractivity contribution in [3.05, 3.63) is 56.2 Å². The third-order valence-corrected chi connectivity index (χ3v) is 5.65. The summed E-state index contributed by atoms with van der Waals surface area (Å²) >= 11 is 5.28. The van der Waals surface area contributed by atoms with E-state index >= 15 is 0 Å². The number of rotatable bonds is 2. The Kier molecular flexibility index (Phi) is 4.06. The average Bonchev–Trinajstić information content (AvgIpc) is 2.75. The molecule has 0 saturated carbocycles. The highest BCUT2D eigenvalue weighted by molar-refractivity contribution is 9.10. The fraction of sp³-hybridized carbons (Fsp3) is 0.375. The van der Waals surface area contributed by atoms with E-state index in [1.54, 1.807) is 11.3 Å². The van der Waals surface area contributed by atoms with Crippen LogP contribution in [0.2, 0.25) is 0 Å². The van der Waals surface area contributed by atoms with Gasteiger partial charge in [0.1, 0.15) is 0 Å². The second kappa shape index (κ2) is 5.78. The lowest BCUT2D eigenvalue weighted by Gasteiger charge is -2.21. The predicted molar refractivity (Wildman–Crippen MR) is 83.6 cm³/mol. The molecule has 100 valence electrons. The quantitative estimate of drug-likeness (QED) is 0.785. The van der Waals surface area contributed by atoms with Gasteiger partial charge < -0.3 is 5.11 Å². The van der Waals surface area contributed by atoms with E-state index < -0.39 is 0 Å². The van der Waals surface area contributed by atoms with Crippen LogP contribution in [0, 0.1) is 5.92 Å². The molecule has 0 aliphatic heterocycles. The molecule has 0 spiro atoms. The summed E-state index contributed by atoms with van der Waals surface area (Å²) in [5, 5.41) is 12.8. The maximum Gasteiger partial charge on any atom is 0.0824 e. The number of hydrogen-bond acceptors (Lipinski definition) is 2. The van der Waals surface area contributed by atoms with Gasteiger partial charge in [-0.3, -0.25) is 0 Å². The molecule has 2 unspecified atom stereocenters. The van der Waals surface area contributed by atoms with Crippen LogP contribution < -0.4 is 0 Å². The van der Waals surface area contributed by atoms with Crippen molar-refractivity contribution in [3.8, 4) is 0 Å². The first kappa shape index (κ1) is 13.3. The molecule has 0 radical (unpaired) electrons. The zero-order valence-electron chi connectivity index (χ0n) is 10.7. The fourth-order valence-corrected chi connectivity index (χ4v) is 4.50. The molecule has 1 aromatic carbocycles. The largest absolute Gasteiger partial charge is 0.388 e. The lowest BCUT2D eigenvalue weighted by Crippen LogP contribution is -2.14. The Bertz CT molecular complexity index is 563. The maximum atomic E-state index is 10.7. The summed E-state index contributed by atoms with van der Waals surface area (Å²) in [6, 6.07) is 10.5. The van der Waals surface area contributed by atoms with Gasteiger partial charge in [0.05, 0.1) is 6.10 Å². The smallest absolute Gasteiger partial charge is 0.0824 e. The lowest BCUT2D eigenvalue weighted by atomic mass is 9.90. The third kappa shape index (κ3) is 2.93. The SMILES string of the molecule is OC1c2ccccc2CCCC1Cc1cc(Br)cs1. The molecule has 1 nitrogen and oxygen atoms in total.